The first kappa shape index (κ1) is 97.3. The van der Waals surface area contributed by atoms with Crippen molar-refractivity contribution in [2.45, 2.75) is 136 Å². The van der Waals surface area contributed by atoms with E-state index in [1.54, 1.807) is 86.0 Å². The Kier molecular flexibility index (Phi) is 36.3. The summed E-state index contributed by atoms with van der Waals surface area (Å²) in [5, 5.41) is 130. The summed E-state index contributed by atoms with van der Waals surface area (Å²) in [6, 6.07) is 52.8. The minimum atomic E-state index is -0.411. The second-order valence-corrected chi connectivity index (χ2v) is 35.0. The van der Waals surface area contributed by atoms with Gasteiger partial charge in [-0.1, -0.05) is 113 Å². The molecule has 5 heterocycles. The van der Waals surface area contributed by atoms with E-state index in [1.165, 1.54) is 28.8 Å². The van der Waals surface area contributed by atoms with Crippen LogP contribution in [-0.2, 0) is 97.1 Å². The highest BCUT2D eigenvalue weighted by Gasteiger charge is 2.26. The van der Waals surface area contributed by atoms with Crippen molar-refractivity contribution in [3.05, 3.63) is 290 Å². The number of nitro benzene ring substituents is 1. The van der Waals surface area contributed by atoms with Crippen molar-refractivity contribution in [1.82, 2.24) is 51.1 Å². The SMILES string of the molecule is COc1ccc(CCNC(=S)N2CCCc3cc(O)c(O)cc3C2)cc1.Cc1ccc(CNC(=S)N2CCCc3cc(O)c(O)cc3C2)cc1.O=[N+]([O-])c1ccc(CCNC(=S)N2CCCc3cc(O)c(O)cc3C2)cc1.Oc1cc2c(cc1O)CN(C(=S)NCCc1ccc(Cl)c(Cl)c1)CCC2.Oc1cc2c(cc1O)CN(C(=S)NCCc1ccccc1Cl)CCC2. The van der Waals surface area contributed by atoms with E-state index in [2.05, 4.69) is 89.5 Å². The number of nitro groups is 1. The molecular weight excluding hydrogens is 1780 g/mol. The minimum Gasteiger partial charge on any atom is -0.504 e. The van der Waals surface area contributed by atoms with E-state index in [9.17, 15) is 61.2 Å². The van der Waals surface area contributed by atoms with Crippen LogP contribution in [0.2, 0.25) is 15.1 Å². The number of hydrogen-bond donors (Lipinski definition) is 15. The average molecular weight is 1890 g/mol. The van der Waals surface area contributed by atoms with Gasteiger partial charge in [0.1, 0.15) is 5.75 Å². The maximum atomic E-state index is 10.7. The third-order valence-electron chi connectivity index (χ3n) is 22.6. The number of thiocarbonyl (C=S) groups is 5. The number of benzene rings is 10. The fraction of sp³-hybridized carbons (Fsp3) is 0.323. The molecule has 10 aromatic rings. The van der Waals surface area contributed by atoms with Crippen LogP contribution in [0.15, 0.2) is 176 Å². The van der Waals surface area contributed by atoms with Gasteiger partial charge in [-0.15, -0.1) is 0 Å². The number of nitrogens with one attached hydrogen (secondary N) is 5. The van der Waals surface area contributed by atoms with Gasteiger partial charge < -0.3 is 107 Å². The highest BCUT2D eigenvalue weighted by Crippen LogP contribution is 2.37. The van der Waals surface area contributed by atoms with E-state index >= 15 is 0 Å². The van der Waals surface area contributed by atoms with E-state index in [1.807, 2.05) is 53.4 Å². The van der Waals surface area contributed by atoms with Gasteiger partial charge in [0.2, 0.25) is 0 Å². The summed E-state index contributed by atoms with van der Waals surface area (Å²) in [6.07, 6.45) is 12.2. The lowest BCUT2D eigenvalue weighted by Gasteiger charge is -2.24. The number of aryl methyl sites for hydroxylation is 6. The molecule has 0 fully saturated rings. The van der Waals surface area contributed by atoms with Gasteiger partial charge in [0.05, 0.1) is 22.1 Å². The number of rotatable bonds is 16. The van der Waals surface area contributed by atoms with Crippen LogP contribution in [0.1, 0.15) is 121 Å². The number of ether oxygens (including phenoxy) is 1. The molecule has 0 saturated carbocycles. The third-order valence-corrected chi connectivity index (χ3v) is 25.8. The molecule has 128 heavy (non-hydrogen) atoms. The number of phenolic OH excluding ortho intramolecular Hbond substituents is 10. The molecule has 15 rings (SSSR count). The fourth-order valence-electron chi connectivity index (χ4n) is 15.5. The normalized spacial score (nSPS) is 13.8. The van der Waals surface area contributed by atoms with Crippen LogP contribution in [0.25, 0.3) is 0 Å². The smallest absolute Gasteiger partial charge is 0.269 e. The summed E-state index contributed by atoms with van der Waals surface area (Å²) >= 11 is 45.9. The van der Waals surface area contributed by atoms with Gasteiger partial charge in [0.15, 0.2) is 83.1 Å². The fourth-order valence-corrected chi connectivity index (χ4v) is 17.3. The van der Waals surface area contributed by atoms with E-state index in [-0.39, 0.29) is 63.2 Å². The molecule has 0 aromatic heterocycles. The standard InChI is InChI=1S/C20H24N2O3S.C19H20Cl2N2O2S.C19H21ClN2O2S.C19H21N3O4S.C19H22N2O2S/c1-25-17-6-4-14(5-7-17)8-9-21-20(26)22-10-2-3-15-11-18(23)19(24)12-16(15)13-22;20-15-4-3-12(8-16(15)21)5-6-22-19(26)23-7-1-2-13-9-17(24)18(25)10-14(13)11-23;20-16-6-2-1-4-13(16)7-8-21-19(25)22-9-3-5-14-10-17(23)18(24)11-15(14)12-22;23-17-10-14-2-1-9-21(12-15(14)11-18(17)24)19(27)20-8-7-13-3-5-16(6-4-13)22(25)26;1-13-4-6-14(7-5-13)11-20-19(24)21-8-2-3-15-9-17(22)18(23)10-16(15)12-21/h4-7,11-12,23-24H,2-3,8-10,13H2,1H3,(H,21,26);3-4,8-10,24-25H,1-2,5-7,11H2,(H,22,26);1-2,4,6,10-11,23-24H,3,5,7-9,12H2,(H,21,25);3-6,10-11,23-24H,1-2,7-9,12H2,(H,20,27);4-7,9-10,22-23H,2-3,8,11-12H2,1H3,(H,20,24). The lowest BCUT2D eigenvalue weighted by molar-refractivity contribution is -0.384. The van der Waals surface area contributed by atoms with Gasteiger partial charge in [-0.05, 0) is 332 Å². The Morgan fingerprint density at radius 2 is 0.641 bits per heavy atom. The zero-order valence-electron chi connectivity index (χ0n) is 71.3. The Balaban J connectivity index is 0.000000155. The Morgan fingerprint density at radius 1 is 0.352 bits per heavy atom. The zero-order valence-corrected chi connectivity index (χ0v) is 77.7. The molecule has 0 aliphatic carbocycles. The molecule has 32 heteroatoms. The maximum absolute atomic E-state index is 10.7. The van der Waals surface area contributed by atoms with Gasteiger partial charge in [-0.25, -0.2) is 0 Å². The first-order chi connectivity index (χ1) is 61.5. The second-order valence-electron chi connectivity index (χ2n) is 31.9. The topological polar surface area (TPSA) is 331 Å². The first-order valence-electron chi connectivity index (χ1n) is 42.4. The molecule has 0 bridgehead atoms. The highest BCUT2D eigenvalue weighted by atomic mass is 35.5. The molecule has 0 unspecified atom stereocenters. The van der Waals surface area contributed by atoms with Gasteiger partial charge >= 0.3 is 0 Å². The number of hydrogen-bond acceptors (Lipinski definition) is 18. The van der Waals surface area contributed by atoms with Gasteiger partial charge in [0, 0.05) is 115 Å². The highest BCUT2D eigenvalue weighted by molar-refractivity contribution is 7.81. The van der Waals surface area contributed by atoms with E-state index in [4.69, 9.17) is 101 Å². The molecule has 0 radical (unpaired) electrons. The number of methoxy groups -OCH3 is 1. The number of halogens is 3. The van der Waals surface area contributed by atoms with Crippen LogP contribution in [0.3, 0.4) is 0 Å². The molecule has 15 N–H and O–H groups in total. The maximum Gasteiger partial charge on any atom is 0.269 e. The monoisotopic (exact) mass is 1890 g/mol. The molecular formula is C96H108Cl3N11O13S5. The summed E-state index contributed by atoms with van der Waals surface area (Å²) in [6.45, 7) is 12.8. The van der Waals surface area contributed by atoms with Crippen LogP contribution < -0.4 is 31.3 Å². The lowest BCUT2D eigenvalue weighted by atomic mass is 10.0. The van der Waals surface area contributed by atoms with Crippen LogP contribution in [0, 0.1) is 17.0 Å². The van der Waals surface area contributed by atoms with Crippen LogP contribution in [0.4, 0.5) is 5.69 Å². The molecule has 5 aliphatic rings. The molecule has 24 nitrogen and oxygen atoms in total. The molecule has 0 spiro atoms. The minimum absolute atomic E-state index is 0.0535. The van der Waals surface area contributed by atoms with E-state index in [0.29, 0.717) is 90.7 Å². The predicted octanol–water partition coefficient (Wildman–Crippen LogP) is 17.0. The van der Waals surface area contributed by atoms with Crippen molar-refractivity contribution >= 4 is 127 Å². The van der Waals surface area contributed by atoms with Crippen molar-refractivity contribution in [2.24, 2.45) is 0 Å². The Labute approximate surface area is 788 Å². The van der Waals surface area contributed by atoms with Crippen LogP contribution in [0.5, 0.6) is 63.2 Å². The van der Waals surface area contributed by atoms with Gasteiger partial charge in [-0.3, -0.25) is 10.1 Å². The van der Waals surface area contributed by atoms with Crippen molar-refractivity contribution in [3.63, 3.8) is 0 Å². The number of phenols is 10. The molecule has 5 aliphatic heterocycles. The number of nitrogens with zero attached hydrogens (tertiary/aromatic N) is 6. The Morgan fingerprint density at radius 3 is 0.961 bits per heavy atom. The molecule has 0 saturated heterocycles. The average Bonchev–Trinajstić information content (AvgIpc) is 1.61. The van der Waals surface area contributed by atoms with Crippen molar-refractivity contribution in [1.29, 1.82) is 0 Å². The second kappa shape index (κ2) is 47.7. The van der Waals surface area contributed by atoms with E-state index in [0.717, 1.165) is 216 Å². The number of non-ortho nitro benzene ring substituents is 1. The first-order valence-corrected chi connectivity index (χ1v) is 45.6. The van der Waals surface area contributed by atoms with Crippen molar-refractivity contribution < 1.29 is 60.7 Å². The van der Waals surface area contributed by atoms with Crippen molar-refractivity contribution in [3.8, 4) is 63.2 Å². The molecule has 0 atom stereocenters. The largest absolute Gasteiger partial charge is 0.504 e. The van der Waals surface area contributed by atoms with Crippen molar-refractivity contribution in [2.75, 3.05) is 66.0 Å². The Bertz CT molecular complexity index is 5550. The summed E-state index contributed by atoms with van der Waals surface area (Å²) in [4.78, 5) is 20.8. The lowest BCUT2D eigenvalue weighted by Crippen LogP contribution is -2.40. The third kappa shape index (κ3) is 28.6. The Hall–Kier alpha value is -11.3. The molecule has 10 aromatic carbocycles. The molecule has 676 valence electrons. The summed E-state index contributed by atoms with van der Waals surface area (Å²) in [7, 11) is 1.66. The zero-order chi connectivity index (χ0) is 91.5. The van der Waals surface area contributed by atoms with Crippen LogP contribution in [-0.4, -0.2) is 172 Å². The summed E-state index contributed by atoms with van der Waals surface area (Å²) < 4.78 is 5.17. The quantitative estimate of drug-likeness (QED) is 0.0185. The van der Waals surface area contributed by atoms with E-state index < -0.39 is 4.92 Å². The predicted molar refractivity (Wildman–Crippen MR) is 524 cm³/mol. The van der Waals surface area contributed by atoms with Crippen LogP contribution >= 0.6 is 95.9 Å². The van der Waals surface area contributed by atoms with Gasteiger partial charge in [-0.2, -0.15) is 0 Å². The molecule has 0 amide bonds. The summed E-state index contributed by atoms with van der Waals surface area (Å²) in [5.41, 5.74) is 17.2. The number of fused-ring (bicyclic) bond motifs is 5. The van der Waals surface area contributed by atoms with Gasteiger partial charge in [0.25, 0.3) is 5.69 Å². The summed E-state index contributed by atoms with van der Waals surface area (Å²) in [5.74, 6) is 0.0700. The number of aromatic hydroxyl groups is 10.